The van der Waals surface area contributed by atoms with E-state index in [0.29, 0.717) is 0 Å². The van der Waals surface area contributed by atoms with Crippen LogP contribution in [0.3, 0.4) is 0 Å². The quantitative estimate of drug-likeness (QED) is 0.673. The maximum atomic E-state index is 11.3. The molecule has 0 bridgehead atoms. The van der Waals surface area contributed by atoms with Gasteiger partial charge in [-0.3, -0.25) is 4.55 Å². The largest absolute Gasteiger partial charge is 0.398 e. The van der Waals surface area contributed by atoms with E-state index in [4.69, 9.17) is 5.73 Å². The molecule has 0 heterocycles. The van der Waals surface area contributed by atoms with Crippen LogP contribution < -0.4 is 5.73 Å². The first-order valence-electron chi connectivity index (χ1n) is 6.16. The topological polar surface area (TPSA) is 80.4 Å². The van der Waals surface area contributed by atoms with E-state index >= 15 is 0 Å². The number of hydrogen-bond acceptors (Lipinski definition) is 3. The summed E-state index contributed by atoms with van der Waals surface area (Å²) in [5.74, 6) is 0. The molecule has 0 radical (unpaired) electrons. The molecule has 0 spiro atoms. The van der Waals surface area contributed by atoms with Crippen molar-refractivity contribution in [2.75, 3.05) is 5.73 Å². The summed E-state index contributed by atoms with van der Waals surface area (Å²) in [6.07, 6.45) is 0. The summed E-state index contributed by atoms with van der Waals surface area (Å²) in [5, 5.41) is 0. The standard InChI is InChI=1S/C15H17NO3S/c1-15(2,11-6-4-3-5-7-11)12-8-9-13(16)14(10-12)20(17,18)19/h3-10H,16H2,1-2H3,(H,17,18,19). The average Bonchev–Trinajstić information content (AvgIpc) is 2.38. The number of anilines is 1. The molecule has 2 aromatic carbocycles. The fourth-order valence-electron chi connectivity index (χ4n) is 2.17. The fraction of sp³-hybridized carbons (Fsp3) is 0.200. The second kappa shape index (κ2) is 4.92. The van der Waals surface area contributed by atoms with Crippen molar-refractivity contribution in [1.29, 1.82) is 0 Å². The van der Waals surface area contributed by atoms with E-state index in [1.165, 1.54) is 12.1 Å². The molecule has 3 N–H and O–H groups in total. The normalized spacial score (nSPS) is 12.3. The predicted octanol–water partition coefficient (Wildman–Crippen LogP) is 2.84. The maximum absolute atomic E-state index is 11.3. The lowest BCUT2D eigenvalue weighted by molar-refractivity contribution is 0.483. The summed E-state index contributed by atoms with van der Waals surface area (Å²) in [4.78, 5) is -0.251. The van der Waals surface area contributed by atoms with Gasteiger partial charge in [-0.2, -0.15) is 8.42 Å². The molecular weight excluding hydrogens is 274 g/mol. The van der Waals surface area contributed by atoms with Crippen molar-refractivity contribution >= 4 is 15.8 Å². The third-order valence-corrected chi connectivity index (χ3v) is 4.42. The Morgan fingerprint density at radius 1 is 1.00 bits per heavy atom. The van der Waals surface area contributed by atoms with Crippen molar-refractivity contribution in [1.82, 2.24) is 0 Å². The van der Waals surface area contributed by atoms with Gasteiger partial charge in [0.1, 0.15) is 4.90 Å². The second-order valence-electron chi connectivity index (χ2n) is 5.22. The van der Waals surface area contributed by atoms with Crippen molar-refractivity contribution < 1.29 is 13.0 Å². The Hall–Kier alpha value is -1.85. The summed E-state index contributed by atoms with van der Waals surface area (Å²) in [6, 6.07) is 14.4. The zero-order chi connectivity index (χ0) is 15.0. The van der Waals surface area contributed by atoms with Crippen LogP contribution in [0.1, 0.15) is 25.0 Å². The van der Waals surface area contributed by atoms with Crippen molar-refractivity contribution in [2.24, 2.45) is 0 Å². The monoisotopic (exact) mass is 291 g/mol. The summed E-state index contributed by atoms with van der Waals surface area (Å²) >= 11 is 0. The van der Waals surface area contributed by atoms with Crippen molar-refractivity contribution in [3.8, 4) is 0 Å². The van der Waals surface area contributed by atoms with Gasteiger partial charge in [-0.1, -0.05) is 50.2 Å². The van der Waals surface area contributed by atoms with Crippen LogP contribution in [-0.2, 0) is 15.5 Å². The third kappa shape index (κ3) is 2.69. The first-order valence-corrected chi connectivity index (χ1v) is 7.60. The van der Waals surface area contributed by atoms with Gasteiger partial charge in [0, 0.05) is 5.41 Å². The second-order valence-corrected chi connectivity index (χ2v) is 6.61. The van der Waals surface area contributed by atoms with E-state index < -0.39 is 15.5 Å². The van der Waals surface area contributed by atoms with Gasteiger partial charge < -0.3 is 5.73 Å². The van der Waals surface area contributed by atoms with E-state index in [1.807, 2.05) is 44.2 Å². The Labute approximate surface area is 119 Å². The molecule has 0 saturated carbocycles. The maximum Gasteiger partial charge on any atom is 0.296 e. The Kier molecular flexibility index (Phi) is 3.58. The lowest BCUT2D eigenvalue weighted by Gasteiger charge is -2.26. The predicted molar refractivity (Wildman–Crippen MR) is 79.2 cm³/mol. The summed E-state index contributed by atoms with van der Waals surface area (Å²) in [6.45, 7) is 3.98. The van der Waals surface area contributed by atoms with Gasteiger partial charge in [-0.05, 0) is 23.3 Å². The highest BCUT2D eigenvalue weighted by molar-refractivity contribution is 7.86. The number of hydrogen-bond donors (Lipinski definition) is 2. The highest BCUT2D eigenvalue weighted by Crippen LogP contribution is 2.33. The number of nitrogens with two attached hydrogens (primary N) is 1. The molecule has 0 aliphatic heterocycles. The van der Waals surface area contributed by atoms with Gasteiger partial charge >= 0.3 is 0 Å². The van der Waals surface area contributed by atoms with Crippen LogP contribution in [0.15, 0.2) is 53.4 Å². The van der Waals surface area contributed by atoms with Crippen LogP contribution in [0.4, 0.5) is 5.69 Å². The number of benzene rings is 2. The van der Waals surface area contributed by atoms with Crippen LogP contribution >= 0.6 is 0 Å². The van der Waals surface area contributed by atoms with Crippen LogP contribution in [-0.4, -0.2) is 13.0 Å². The molecule has 0 aromatic heterocycles. The Morgan fingerprint density at radius 2 is 1.60 bits per heavy atom. The minimum Gasteiger partial charge on any atom is -0.398 e. The lowest BCUT2D eigenvalue weighted by Crippen LogP contribution is -2.19. The molecule has 0 unspecified atom stereocenters. The fourth-order valence-corrected chi connectivity index (χ4v) is 2.81. The third-order valence-electron chi connectivity index (χ3n) is 3.51. The highest BCUT2D eigenvalue weighted by atomic mass is 32.2. The molecular formula is C15H17NO3S. The molecule has 106 valence electrons. The van der Waals surface area contributed by atoms with Gasteiger partial charge in [0.25, 0.3) is 10.1 Å². The van der Waals surface area contributed by atoms with E-state index in [9.17, 15) is 13.0 Å². The molecule has 0 atom stereocenters. The molecule has 0 aliphatic rings. The molecule has 2 aromatic rings. The van der Waals surface area contributed by atoms with E-state index in [0.717, 1.165) is 11.1 Å². The number of nitrogen functional groups attached to an aromatic ring is 1. The molecule has 2 rings (SSSR count). The van der Waals surface area contributed by atoms with E-state index in [2.05, 4.69) is 0 Å². The highest BCUT2D eigenvalue weighted by Gasteiger charge is 2.25. The lowest BCUT2D eigenvalue weighted by atomic mass is 9.78. The van der Waals surface area contributed by atoms with E-state index in [-0.39, 0.29) is 10.6 Å². The van der Waals surface area contributed by atoms with Crippen LogP contribution in [0.5, 0.6) is 0 Å². The average molecular weight is 291 g/mol. The smallest absolute Gasteiger partial charge is 0.296 e. The summed E-state index contributed by atoms with van der Waals surface area (Å²) in [7, 11) is -4.32. The van der Waals surface area contributed by atoms with Gasteiger partial charge in [-0.15, -0.1) is 0 Å². The Morgan fingerprint density at radius 3 is 2.15 bits per heavy atom. The minimum absolute atomic E-state index is 0.0418. The number of rotatable bonds is 3. The first kappa shape index (κ1) is 14.6. The van der Waals surface area contributed by atoms with Crippen molar-refractivity contribution in [2.45, 2.75) is 24.2 Å². The van der Waals surface area contributed by atoms with Crippen molar-refractivity contribution in [3.05, 3.63) is 59.7 Å². The van der Waals surface area contributed by atoms with Gasteiger partial charge in [0.15, 0.2) is 0 Å². The van der Waals surface area contributed by atoms with Gasteiger partial charge in [0.05, 0.1) is 5.69 Å². The van der Waals surface area contributed by atoms with Crippen molar-refractivity contribution in [3.63, 3.8) is 0 Å². The molecule has 0 fully saturated rings. The molecule has 0 saturated heterocycles. The molecule has 0 aliphatic carbocycles. The summed E-state index contributed by atoms with van der Waals surface area (Å²) in [5.41, 5.74) is 7.08. The molecule has 4 nitrogen and oxygen atoms in total. The van der Waals surface area contributed by atoms with Crippen LogP contribution in [0.2, 0.25) is 0 Å². The molecule has 0 amide bonds. The zero-order valence-corrected chi connectivity index (χ0v) is 12.2. The Bertz CT molecular complexity index is 722. The van der Waals surface area contributed by atoms with Gasteiger partial charge in [0.2, 0.25) is 0 Å². The molecule has 5 heteroatoms. The van der Waals surface area contributed by atoms with Crippen LogP contribution in [0.25, 0.3) is 0 Å². The summed E-state index contributed by atoms with van der Waals surface area (Å²) < 4.78 is 31.9. The van der Waals surface area contributed by atoms with Crippen LogP contribution in [0, 0.1) is 0 Å². The first-order chi connectivity index (χ1) is 9.23. The van der Waals surface area contributed by atoms with E-state index in [1.54, 1.807) is 6.07 Å². The minimum atomic E-state index is -4.32. The van der Waals surface area contributed by atoms with Gasteiger partial charge in [-0.25, -0.2) is 0 Å². The SMILES string of the molecule is CC(C)(c1ccccc1)c1ccc(N)c(S(=O)(=O)O)c1. The molecule has 20 heavy (non-hydrogen) atoms. The zero-order valence-electron chi connectivity index (χ0n) is 11.4. The Balaban J connectivity index is 2.59.